The number of aryl methyl sites for hydroxylation is 1. The lowest BCUT2D eigenvalue weighted by molar-refractivity contribution is -0.147. The van der Waals surface area contributed by atoms with Crippen LogP contribution in [0.25, 0.3) is 0 Å². The summed E-state index contributed by atoms with van der Waals surface area (Å²) < 4.78 is 15.7. The standard InChI is InChI=1S/C14H19NO4/c1-5-17-13(16)14(3,4)15-10-7-12-11(6-9(10)2)18-8-19-12/h6-7,15H,5,8H2,1-4H3. The molecule has 0 saturated heterocycles. The molecule has 2 rings (SSSR count). The van der Waals surface area contributed by atoms with Crippen LogP contribution >= 0.6 is 0 Å². The molecular weight excluding hydrogens is 246 g/mol. The molecule has 1 heterocycles. The number of benzene rings is 1. The average molecular weight is 265 g/mol. The Morgan fingerprint density at radius 2 is 2.00 bits per heavy atom. The lowest BCUT2D eigenvalue weighted by Crippen LogP contribution is -2.41. The summed E-state index contributed by atoms with van der Waals surface area (Å²) in [6, 6.07) is 3.74. The molecule has 5 nitrogen and oxygen atoms in total. The first-order chi connectivity index (χ1) is 8.94. The van der Waals surface area contributed by atoms with E-state index in [1.54, 1.807) is 20.8 Å². The van der Waals surface area contributed by atoms with Gasteiger partial charge in [0.2, 0.25) is 6.79 Å². The lowest BCUT2D eigenvalue weighted by Gasteiger charge is -2.26. The molecule has 104 valence electrons. The summed E-state index contributed by atoms with van der Waals surface area (Å²) in [6.45, 7) is 7.92. The van der Waals surface area contributed by atoms with E-state index in [9.17, 15) is 4.79 Å². The minimum atomic E-state index is -0.797. The molecule has 1 N–H and O–H groups in total. The van der Waals surface area contributed by atoms with Crippen LogP contribution in [0.15, 0.2) is 12.1 Å². The SMILES string of the molecule is CCOC(=O)C(C)(C)Nc1cc2c(cc1C)OCO2. The van der Waals surface area contributed by atoms with Crippen LogP contribution in [0.2, 0.25) is 0 Å². The second kappa shape index (κ2) is 4.99. The van der Waals surface area contributed by atoms with Crippen LogP contribution in [0.5, 0.6) is 11.5 Å². The van der Waals surface area contributed by atoms with Crippen LogP contribution in [0.1, 0.15) is 26.3 Å². The van der Waals surface area contributed by atoms with Crippen molar-refractivity contribution in [2.75, 3.05) is 18.7 Å². The van der Waals surface area contributed by atoms with Crippen LogP contribution in [0.3, 0.4) is 0 Å². The molecular formula is C14H19NO4. The summed E-state index contributed by atoms with van der Waals surface area (Å²) in [5.41, 5.74) is 1.03. The zero-order chi connectivity index (χ0) is 14.0. The zero-order valence-corrected chi connectivity index (χ0v) is 11.7. The van der Waals surface area contributed by atoms with E-state index in [2.05, 4.69) is 5.32 Å². The molecule has 5 heteroatoms. The molecule has 0 aromatic heterocycles. The Labute approximate surface area is 112 Å². The van der Waals surface area contributed by atoms with Crippen molar-refractivity contribution >= 4 is 11.7 Å². The molecule has 1 aliphatic heterocycles. The molecule has 1 aliphatic rings. The highest BCUT2D eigenvalue weighted by atomic mass is 16.7. The molecule has 1 aromatic carbocycles. The van der Waals surface area contributed by atoms with Crippen molar-refractivity contribution in [3.63, 3.8) is 0 Å². The molecule has 0 radical (unpaired) electrons. The molecule has 1 aromatic rings. The van der Waals surface area contributed by atoms with Gasteiger partial charge in [-0.25, -0.2) is 4.79 Å². The van der Waals surface area contributed by atoms with E-state index in [4.69, 9.17) is 14.2 Å². The van der Waals surface area contributed by atoms with Crippen LogP contribution in [-0.2, 0) is 9.53 Å². The van der Waals surface area contributed by atoms with Crippen molar-refractivity contribution in [3.05, 3.63) is 17.7 Å². The quantitative estimate of drug-likeness (QED) is 0.847. The van der Waals surface area contributed by atoms with Crippen LogP contribution < -0.4 is 14.8 Å². The Morgan fingerprint density at radius 1 is 1.37 bits per heavy atom. The molecule has 0 atom stereocenters. The maximum Gasteiger partial charge on any atom is 0.331 e. The van der Waals surface area contributed by atoms with Gasteiger partial charge in [-0.05, 0) is 39.3 Å². The van der Waals surface area contributed by atoms with Crippen molar-refractivity contribution in [3.8, 4) is 11.5 Å². The number of fused-ring (bicyclic) bond motifs is 1. The number of hydrogen-bond acceptors (Lipinski definition) is 5. The first-order valence-electron chi connectivity index (χ1n) is 6.29. The summed E-state index contributed by atoms with van der Waals surface area (Å²) >= 11 is 0. The van der Waals surface area contributed by atoms with Crippen molar-refractivity contribution in [1.29, 1.82) is 0 Å². The number of anilines is 1. The molecule has 0 spiro atoms. The maximum absolute atomic E-state index is 11.9. The normalized spacial score (nSPS) is 13.3. The predicted molar refractivity (Wildman–Crippen MR) is 71.6 cm³/mol. The van der Waals surface area contributed by atoms with Crippen molar-refractivity contribution in [2.45, 2.75) is 33.2 Å². The van der Waals surface area contributed by atoms with Gasteiger partial charge in [-0.15, -0.1) is 0 Å². The zero-order valence-electron chi connectivity index (χ0n) is 11.7. The number of nitrogens with one attached hydrogen (secondary N) is 1. The number of esters is 1. The summed E-state index contributed by atoms with van der Waals surface area (Å²) in [4.78, 5) is 11.9. The van der Waals surface area contributed by atoms with Crippen molar-refractivity contribution < 1.29 is 19.0 Å². The van der Waals surface area contributed by atoms with E-state index in [1.807, 2.05) is 19.1 Å². The third-order valence-corrected chi connectivity index (χ3v) is 2.95. The fraction of sp³-hybridized carbons (Fsp3) is 0.500. The van der Waals surface area contributed by atoms with E-state index in [0.717, 1.165) is 17.0 Å². The van der Waals surface area contributed by atoms with Gasteiger partial charge < -0.3 is 19.5 Å². The fourth-order valence-corrected chi connectivity index (χ4v) is 1.88. The molecule has 19 heavy (non-hydrogen) atoms. The molecule has 0 fully saturated rings. The first kappa shape index (κ1) is 13.5. The molecule has 0 aliphatic carbocycles. The summed E-state index contributed by atoms with van der Waals surface area (Å²) in [7, 11) is 0. The van der Waals surface area contributed by atoms with Crippen LogP contribution in [-0.4, -0.2) is 24.9 Å². The average Bonchev–Trinajstić information content (AvgIpc) is 2.76. The molecule has 0 amide bonds. The third-order valence-electron chi connectivity index (χ3n) is 2.95. The second-order valence-electron chi connectivity index (χ2n) is 4.99. The van der Waals surface area contributed by atoms with Gasteiger partial charge in [0.25, 0.3) is 0 Å². The molecule has 0 unspecified atom stereocenters. The van der Waals surface area contributed by atoms with Gasteiger partial charge >= 0.3 is 5.97 Å². The number of carbonyl (C=O) groups is 1. The molecule has 0 bridgehead atoms. The topological polar surface area (TPSA) is 56.8 Å². The highest BCUT2D eigenvalue weighted by Gasteiger charge is 2.30. The van der Waals surface area contributed by atoms with Crippen molar-refractivity contribution in [2.24, 2.45) is 0 Å². The molecule has 0 saturated carbocycles. The van der Waals surface area contributed by atoms with Crippen LogP contribution in [0.4, 0.5) is 5.69 Å². The minimum absolute atomic E-state index is 0.236. The first-order valence-corrected chi connectivity index (χ1v) is 6.29. The second-order valence-corrected chi connectivity index (χ2v) is 4.99. The summed E-state index contributed by atoms with van der Waals surface area (Å²) in [5, 5.41) is 3.19. The predicted octanol–water partition coefficient (Wildman–Crippen LogP) is 2.48. The van der Waals surface area contributed by atoms with Gasteiger partial charge in [-0.3, -0.25) is 0 Å². The van der Waals surface area contributed by atoms with E-state index >= 15 is 0 Å². The largest absolute Gasteiger partial charge is 0.464 e. The Kier molecular flexibility index (Phi) is 3.55. The number of hydrogen-bond donors (Lipinski definition) is 1. The fourth-order valence-electron chi connectivity index (χ4n) is 1.88. The van der Waals surface area contributed by atoms with E-state index in [0.29, 0.717) is 12.4 Å². The summed E-state index contributed by atoms with van der Waals surface area (Å²) in [5.74, 6) is 1.14. The van der Waals surface area contributed by atoms with Gasteiger partial charge in [0, 0.05) is 11.8 Å². The Morgan fingerprint density at radius 3 is 2.63 bits per heavy atom. The van der Waals surface area contributed by atoms with Crippen molar-refractivity contribution in [1.82, 2.24) is 0 Å². The van der Waals surface area contributed by atoms with Gasteiger partial charge in [0.05, 0.1) is 6.61 Å². The number of carbonyl (C=O) groups excluding carboxylic acids is 1. The van der Waals surface area contributed by atoms with Gasteiger partial charge in [-0.1, -0.05) is 0 Å². The number of rotatable bonds is 4. The highest BCUT2D eigenvalue weighted by Crippen LogP contribution is 2.37. The highest BCUT2D eigenvalue weighted by molar-refractivity contribution is 5.84. The Bertz CT molecular complexity index is 496. The van der Waals surface area contributed by atoms with Gasteiger partial charge in [-0.2, -0.15) is 0 Å². The summed E-state index contributed by atoms with van der Waals surface area (Å²) in [6.07, 6.45) is 0. The monoisotopic (exact) mass is 265 g/mol. The van der Waals surface area contributed by atoms with E-state index < -0.39 is 5.54 Å². The smallest absolute Gasteiger partial charge is 0.331 e. The van der Waals surface area contributed by atoms with Crippen LogP contribution in [0, 0.1) is 6.92 Å². The Hall–Kier alpha value is -1.91. The Balaban J connectivity index is 2.21. The third kappa shape index (κ3) is 2.75. The van der Waals surface area contributed by atoms with E-state index in [-0.39, 0.29) is 12.8 Å². The lowest BCUT2D eigenvalue weighted by atomic mass is 10.0. The maximum atomic E-state index is 11.9. The minimum Gasteiger partial charge on any atom is -0.464 e. The van der Waals surface area contributed by atoms with Gasteiger partial charge in [0.15, 0.2) is 11.5 Å². The number of ether oxygens (including phenoxy) is 3. The van der Waals surface area contributed by atoms with Gasteiger partial charge in [0.1, 0.15) is 5.54 Å². The van der Waals surface area contributed by atoms with E-state index in [1.165, 1.54) is 0 Å².